The number of amides is 2. The summed E-state index contributed by atoms with van der Waals surface area (Å²) in [5, 5.41) is 1.13. The molecule has 166 valence electrons. The molecule has 3 fully saturated rings. The molecule has 8 heteroatoms. The summed E-state index contributed by atoms with van der Waals surface area (Å²) in [6.07, 6.45) is 4.54. The summed E-state index contributed by atoms with van der Waals surface area (Å²) >= 11 is 2.99. The van der Waals surface area contributed by atoms with Crippen LogP contribution in [0.2, 0.25) is 0 Å². The summed E-state index contributed by atoms with van der Waals surface area (Å²) in [6, 6.07) is 11.6. The zero-order chi connectivity index (χ0) is 22.4. The first-order chi connectivity index (χ1) is 16.0. The van der Waals surface area contributed by atoms with E-state index < -0.39 is 0 Å². The van der Waals surface area contributed by atoms with Crippen LogP contribution in [0.15, 0.2) is 58.6 Å². The number of imide groups is 1. The maximum Gasteiger partial charge on any atom is 0.305 e. The summed E-state index contributed by atoms with van der Waals surface area (Å²) in [4.78, 5) is 49.3. The van der Waals surface area contributed by atoms with E-state index in [0.29, 0.717) is 5.69 Å². The molecule has 5 unspecified atom stereocenters. The van der Waals surface area contributed by atoms with Gasteiger partial charge in [0.1, 0.15) is 0 Å². The topological polar surface area (TPSA) is 83.1 Å². The van der Waals surface area contributed by atoms with Crippen LogP contribution in [0.4, 0.5) is 5.69 Å². The van der Waals surface area contributed by atoms with Crippen molar-refractivity contribution in [1.82, 2.24) is 9.97 Å². The number of aromatic nitrogens is 2. The molecule has 2 amide bonds. The smallest absolute Gasteiger partial charge is 0.305 e. The van der Waals surface area contributed by atoms with Crippen molar-refractivity contribution < 1.29 is 9.59 Å². The Hall–Kier alpha value is -2.71. The number of hydrogen-bond acceptors (Lipinski definition) is 6. The summed E-state index contributed by atoms with van der Waals surface area (Å²) < 4.78 is 0. The molecule has 6 nitrogen and oxygen atoms in total. The first kappa shape index (κ1) is 19.7. The summed E-state index contributed by atoms with van der Waals surface area (Å²) in [5.74, 6) is -0.153. The molecule has 1 N–H and O–H groups in total. The molecular formula is C25H21N3O3S2. The molecule has 0 spiro atoms. The van der Waals surface area contributed by atoms with Gasteiger partial charge >= 0.3 is 4.87 Å². The highest BCUT2D eigenvalue weighted by Crippen LogP contribution is 2.68. The number of H-pyrrole nitrogens is 1. The number of nitrogens with one attached hydrogen (secondary N) is 1. The molecule has 7 atom stereocenters. The van der Waals surface area contributed by atoms with Crippen molar-refractivity contribution >= 4 is 40.6 Å². The Kier molecular flexibility index (Phi) is 4.13. The first-order valence-electron chi connectivity index (χ1n) is 11.3. The van der Waals surface area contributed by atoms with Crippen molar-refractivity contribution in [2.24, 2.45) is 29.6 Å². The summed E-state index contributed by atoms with van der Waals surface area (Å²) in [7, 11) is 0. The number of aryl methyl sites for hydroxylation is 1. The summed E-state index contributed by atoms with van der Waals surface area (Å²) in [5.41, 5.74) is 2.85. The van der Waals surface area contributed by atoms with Gasteiger partial charge in [-0.15, -0.1) is 11.8 Å². The van der Waals surface area contributed by atoms with E-state index in [1.165, 1.54) is 16.2 Å². The molecular weight excluding hydrogens is 454 g/mol. The Bertz CT molecular complexity index is 1350. The van der Waals surface area contributed by atoms with Crippen LogP contribution in [0.5, 0.6) is 0 Å². The number of rotatable bonds is 2. The summed E-state index contributed by atoms with van der Waals surface area (Å²) in [6.45, 7) is 2.00. The highest BCUT2D eigenvalue weighted by atomic mass is 32.2. The number of aromatic amines is 1. The quantitative estimate of drug-likeness (QED) is 0.570. The van der Waals surface area contributed by atoms with E-state index in [0.717, 1.165) is 27.5 Å². The van der Waals surface area contributed by atoms with Gasteiger partial charge in [0.25, 0.3) is 0 Å². The number of pyridine rings is 1. The van der Waals surface area contributed by atoms with E-state index in [4.69, 9.17) is 0 Å². The lowest BCUT2D eigenvalue weighted by Crippen LogP contribution is -2.42. The standard InChI is InChI=1S/C25H21N3O3S2/c1-11-4-6-13(7-5-11)28-23(29)18-14-9-15(19(18)24(28)30)20-17(14)16(12-3-2-8-26-10-12)21-22(32-20)27-25(31)33-21/h2-8,10,14-20H,9H2,1H3,(H,27,31)/t14-,15-,16?,17?,18?,19?,20?/m1/s1. The van der Waals surface area contributed by atoms with Crippen molar-refractivity contribution in [2.45, 2.75) is 29.5 Å². The number of benzene rings is 1. The minimum absolute atomic E-state index is 0.0242. The van der Waals surface area contributed by atoms with E-state index in [1.807, 2.05) is 43.5 Å². The Morgan fingerprint density at radius 2 is 1.79 bits per heavy atom. The van der Waals surface area contributed by atoms with Gasteiger partial charge in [-0.1, -0.05) is 35.1 Å². The van der Waals surface area contributed by atoms with E-state index in [-0.39, 0.29) is 57.4 Å². The minimum Gasteiger partial charge on any atom is -0.307 e. The molecule has 2 saturated carbocycles. The zero-order valence-electron chi connectivity index (χ0n) is 17.8. The number of thiazole rings is 1. The van der Waals surface area contributed by atoms with Gasteiger partial charge in [-0.3, -0.25) is 24.3 Å². The molecule has 2 aromatic heterocycles. The van der Waals surface area contributed by atoms with Crippen molar-refractivity contribution in [3.8, 4) is 0 Å². The minimum atomic E-state index is -0.276. The van der Waals surface area contributed by atoms with Crippen LogP contribution in [-0.2, 0) is 9.59 Å². The van der Waals surface area contributed by atoms with Crippen molar-refractivity contribution in [2.75, 3.05) is 4.90 Å². The number of fused-ring (bicyclic) bond motifs is 9. The first-order valence-corrected chi connectivity index (χ1v) is 13.0. The Morgan fingerprint density at radius 3 is 2.52 bits per heavy atom. The Morgan fingerprint density at radius 1 is 1.03 bits per heavy atom. The van der Waals surface area contributed by atoms with Gasteiger partial charge in [0.05, 0.1) is 22.5 Å². The van der Waals surface area contributed by atoms with Gasteiger partial charge in [0.2, 0.25) is 11.8 Å². The Labute approximate surface area is 198 Å². The lowest BCUT2D eigenvalue weighted by molar-refractivity contribution is -0.123. The zero-order valence-corrected chi connectivity index (χ0v) is 19.4. The number of hydrogen-bond donors (Lipinski definition) is 1. The second-order valence-corrected chi connectivity index (χ2v) is 11.8. The van der Waals surface area contributed by atoms with Crippen molar-refractivity contribution in [3.05, 3.63) is 74.5 Å². The van der Waals surface area contributed by atoms with Crippen LogP contribution in [0.3, 0.4) is 0 Å². The maximum atomic E-state index is 13.7. The van der Waals surface area contributed by atoms with Crippen LogP contribution in [0.25, 0.3) is 0 Å². The lowest BCUT2D eigenvalue weighted by atomic mass is 9.68. The fourth-order valence-electron chi connectivity index (χ4n) is 6.90. The monoisotopic (exact) mass is 475 g/mol. The van der Waals surface area contributed by atoms with Gasteiger partial charge in [-0.25, -0.2) is 0 Å². The van der Waals surface area contributed by atoms with Crippen molar-refractivity contribution in [1.29, 1.82) is 0 Å². The molecule has 0 radical (unpaired) electrons. The number of nitrogens with zero attached hydrogens (tertiary/aromatic N) is 2. The van der Waals surface area contributed by atoms with Gasteiger partial charge in [0.15, 0.2) is 0 Å². The van der Waals surface area contributed by atoms with Crippen LogP contribution in [0, 0.1) is 36.5 Å². The highest BCUT2D eigenvalue weighted by Gasteiger charge is 2.69. The van der Waals surface area contributed by atoms with Gasteiger partial charge in [-0.2, -0.15) is 0 Å². The second kappa shape index (κ2) is 6.90. The molecule has 4 aliphatic rings. The fraction of sp³-hybridized carbons (Fsp3) is 0.360. The van der Waals surface area contributed by atoms with Gasteiger partial charge in [0, 0.05) is 28.4 Å². The average molecular weight is 476 g/mol. The maximum absolute atomic E-state index is 13.7. The lowest BCUT2D eigenvalue weighted by Gasteiger charge is -2.42. The third-order valence-electron chi connectivity index (χ3n) is 8.06. The van der Waals surface area contributed by atoms with Crippen LogP contribution in [0.1, 0.15) is 28.3 Å². The molecule has 7 rings (SSSR count). The van der Waals surface area contributed by atoms with E-state index in [1.54, 1.807) is 18.0 Å². The average Bonchev–Trinajstić information content (AvgIpc) is 3.54. The SMILES string of the molecule is Cc1ccc(N2C(=O)C3C(C2=O)[C@@H]2C[C@H]3C3Sc4[nH]c(=O)sc4C(c4cccnc4)C32)cc1. The number of carbonyl (C=O) groups excluding carboxylic acids is 2. The third-order valence-corrected chi connectivity index (χ3v) is 10.6. The predicted octanol–water partition coefficient (Wildman–Crippen LogP) is 3.82. The molecule has 2 aliphatic heterocycles. The number of carbonyl (C=O) groups is 2. The molecule has 1 aromatic carbocycles. The van der Waals surface area contributed by atoms with E-state index in [9.17, 15) is 14.4 Å². The molecule has 2 aliphatic carbocycles. The van der Waals surface area contributed by atoms with Crippen LogP contribution < -0.4 is 9.77 Å². The van der Waals surface area contributed by atoms with Gasteiger partial charge < -0.3 is 4.98 Å². The van der Waals surface area contributed by atoms with Crippen LogP contribution >= 0.6 is 23.1 Å². The number of thioether (sulfide) groups is 1. The molecule has 3 aromatic rings. The highest BCUT2D eigenvalue weighted by molar-refractivity contribution is 8.00. The third kappa shape index (κ3) is 2.62. The molecule has 1 saturated heterocycles. The predicted molar refractivity (Wildman–Crippen MR) is 126 cm³/mol. The van der Waals surface area contributed by atoms with E-state index >= 15 is 0 Å². The molecule has 2 bridgehead atoms. The Balaban J connectivity index is 1.33. The molecule has 33 heavy (non-hydrogen) atoms. The largest absolute Gasteiger partial charge is 0.307 e. The second-order valence-electron chi connectivity index (χ2n) is 9.59. The van der Waals surface area contributed by atoms with Crippen molar-refractivity contribution in [3.63, 3.8) is 0 Å². The fourth-order valence-corrected chi connectivity index (χ4v) is 9.79. The molecule has 4 heterocycles. The number of anilines is 1. The van der Waals surface area contributed by atoms with E-state index in [2.05, 4.69) is 16.0 Å². The normalized spacial score (nSPS) is 33.8. The van der Waals surface area contributed by atoms with Gasteiger partial charge in [-0.05, 0) is 54.9 Å². The van der Waals surface area contributed by atoms with Crippen LogP contribution in [-0.4, -0.2) is 27.0 Å².